The Morgan fingerprint density at radius 2 is 1.95 bits per heavy atom. The van der Waals surface area contributed by atoms with Crippen LogP contribution in [0.2, 0.25) is 0 Å². The van der Waals surface area contributed by atoms with E-state index in [0.717, 1.165) is 16.1 Å². The molecule has 0 aliphatic heterocycles. The van der Waals surface area contributed by atoms with Crippen molar-refractivity contribution in [3.63, 3.8) is 0 Å². The molecular formula is C15H13NO2S. The van der Waals surface area contributed by atoms with Crippen molar-refractivity contribution < 1.29 is 4.74 Å². The van der Waals surface area contributed by atoms with Crippen molar-refractivity contribution in [1.29, 1.82) is 0 Å². The summed E-state index contributed by atoms with van der Waals surface area (Å²) in [5, 5.41) is 0.708. The first-order chi connectivity index (χ1) is 9.29. The third-order valence-electron chi connectivity index (χ3n) is 2.86. The first kappa shape index (κ1) is 12.0. The SMILES string of the molecule is CCOc1ccc2sn(-c3ccccc3)c(=O)c2c1. The molecule has 1 aromatic heterocycles. The van der Waals surface area contributed by atoms with Gasteiger partial charge in [-0.15, -0.1) is 0 Å². The van der Waals surface area contributed by atoms with E-state index in [4.69, 9.17) is 4.74 Å². The van der Waals surface area contributed by atoms with Crippen molar-refractivity contribution in [2.45, 2.75) is 6.92 Å². The maximum atomic E-state index is 12.4. The van der Waals surface area contributed by atoms with E-state index < -0.39 is 0 Å². The third kappa shape index (κ3) is 2.15. The molecule has 0 atom stereocenters. The van der Waals surface area contributed by atoms with E-state index in [1.807, 2.05) is 55.5 Å². The minimum absolute atomic E-state index is 0.00718. The molecule has 0 saturated heterocycles. The van der Waals surface area contributed by atoms with Crippen LogP contribution in [0.1, 0.15) is 6.92 Å². The maximum Gasteiger partial charge on any atom is 0.273 e. The van der Waals surface area contributed by atoms with Gasteiger partial charge in [-0.25, -0.2) is 3.96 Å². The molecule has 0 aliphatic carbocycles. The average molecular weight is 271 g/mol. The second kappa shape index (κ2) is 4.90. The number of hydrogen-bond donors (Lipinski definition) is 0. The molecule has 0 bridgehead atoms. The van der Waals surface area contributed by atoms with Crippen LogP contribution in [-0.4, -0.2) is 10.6 Å². The van der Waals surface area contributed by atoms with E-state index >= 15 is 0 Å². The second-order valence-corrected chi connectivity index (χ2v) is 5.10. The molecule has 0 radical (unpaired) electrons. The van der Waals surface area contributed by atoms with Crippen LogP contribution in [0.15, 0.2) is 53.3 Å². The number of hydrogen-bond acceptors (Lipinski definition) is 3. The topological polar surface area (TPSA) is 31.2 Å². The molecule has 4 heteroatoms. The number of ether oxygens (including phenoxy) is 1. The third-order valence-corrected chi connectivity index (χ3v) is 3.97. The molecule has 0 aliphatic rings. The second-order valence-electron chi connectivity index (χ2n) is 4.12. The van der Waals surface area contributed by atoms with Crippen LogP contribution in [0.5, 0.6) is 5.75 Å². The van der Waals surface area contributed by atoms with E-state index in [1.165, 1.54) is 11.5 Å². The fourth-order valence-electron chi connectivity index (χ4n) is 1.99. The molecule has 0 saturated carbocycles. The Morgan fingerprint density at radius 3 is 2.68 bits per heavy atom. The van der Waals surface area contributed by atoms with Crippen molar-refractivity contribution >= 4 is 21.6 Å². The normalized spacial score (nSPS) is 10.8. The molecule has 3 aromatic rings. The van der Waals surface area contributed by atoms with Gasteiger partial charge in [0.2, 0.25) is 0 Å². The van der Waals surface area contributed by atoms with E-state index in [1.54, 1.807) is 3.96 Å². The van der Waals surface area contributed by atoms with Crippen LogP contribution in [0.4, 0.5) is 0 Å². The van der Waals surface area contributed by atoms with Gasteiger partial charge in [0.25, 0.3) is 5.56 Å². The highest BCUT2D eigenvalue weighted by atomic mass is 32.1. The maximum absolute atomic E-state index is 12.4. The average Bonchev–Trinajstić information content (AvgIpc) is 2.78. The zero-order valence-corrected chi connectivity index (χ0v) is 11.3. The Morgan fingerprint density at radius 1 is 1.16 bits per heavy atom. The number of benzene rings is 2. The van der Waals surface area contributed by atoms with Crippen molar-refractivity contribution in [2.75, 3.05) is 6.61 Å². The molecule has 96 valence electrons. The minimum atomic E-state index is 0.00718. The molecule has 3 rings (SSSR count). The number of aromatic nitrogens is 1. The molecular weight excluding hydrogens is 258 g/mol. The lowest BCUT2D eigenvalue weighted by atomic mass is 10.2. The van der Waals surface area contributed by atoms with Gasteiger partial charge >= 0.3 is 0 Å². The lowest BCUT2D eigenvalue weighted by Crippen LogP contribution is -2.10. The summed E-state index contributed by atoms with van der Waals surface area (Å²) in [5.41, 5.74) is 0.902. The lowest BCUT2D eigenvalue weighted by Gasteiger charge is -2.00. The Bertz CT molecular complexity index is 759. The van der Waals surface area contributed by atoms with Gasteiger partial charge in [-0.2, -0.15) is 0 Å². The highest BCUT2D eigenvalue weighted by molar-refractivity contribution is 7.14. The van der Waals surface area contributed by atoms with Crippen molar-refractivity contribution in [1.82, 2.24) is 3.96 Å². The molecule has 3 nitrogen and oxygen atoms in total. The molecule has 0 N–H and O–H groups in total. The summed E-state index contributed by atoms with van der Waals surface area (Å²) in [5.74, 6) is 0.741. The Labute approximate surface area is 114 Å². The van der Waals surface area contributed by atoms with Gasteiger partial charge in [0.15, 0.2) is 0 Å². The molecule has 0 spiro atoms. The first-order valence-corrected chi connectivity index (χ1v) is 6.91. The van der Waals surface area contributed by atoms with Gasteiger partial charge < -0.3 is 4.74 Å². The zero-order chi connectivity index (χ0) is 13.2. The van der Waals surface area contributed by atoms with E-state index in [-0.39, 0.29) is 5.56 Å². The van der Waals surface area contributed by atoms with Gasteiger partial charge in [-0.1, -0.05) is 29.7 Å². The largest absolute Gasteiger partial charge is 0.494 e. The van der Waals surface area contributed by atoms with Gasteiger partial charge in [-0.3, -0.25) is 4.79 Å². The molecule has 0 fully saturated rings. The molecule has 0 unspecified atom stereocenters. The number of rotatable bonds is 3. The van der Waals surface area contributed by atoms with Crippen LogP contribution in [0.25, 0.3) is 15.8 Å². The van der Waals surface area contributed by atoms with Gasteiger partial charge in [0.1, 0.15) is 5.75 Å². The Hall–Kier alpha value is -2.07. The fourth-order valence-corrected chi connectivity index (χ4v) is 2.97. The fraction of sp³-hybridized carbons (Fsp3) is 0.133. The monoisotopic (exact) mass is 271 g/mol. The lowest BCUT2D eigenvalue weighted by molar-refractivity contribution is 0.341. The van der Waals surface area contributed by atoms with Gasteiger partial charge in [0, 0.05) is 0 Å². The van der Waals surface area contributed by atoms with Crippen molar-refractivity contribution in [2.24, 2.45) is 0 Å². The van der Waals surface area contributed by atoms with Gasteiger partial charge in [0.05, 0.1) is 22.4 Å². The van der Waals surface area contributed by atoms with Crippen LogP contribution >= 0.6 is 11.5 Å². The summed E-state index contributed by atoms with van der Waals surface area (Å²) in [6, 6.07) is 15.3. The predicted octanol–water partition coefficient (Wildman–Crippen LogP) is 3.45. The summed E-state index contributed by atoms with van der Waals surface area (Å²) in [7, 11) is 0. The highest BCUT2D eigenvalue weighted by Crippen LogP contribution is 2.24. The van der Waals surface area contributed by atoms with Crippen LogP contribution in [0.3, 0.4) is 0 Å². The van der Waals surface area contributed by atoms with Crippen molar-refractivity contribution in [3.05, 3.63) is 58.9 Å². The number of para-hydroxylation sites is 1. The molecule has 19 heavy (non-hydrogen) atoms. The van der Waals surface area contributed by atoms with Crippen LogP contribution in [-0.2, 0) is 0 Å². The van der Waals surface area contributed by atoms with Gasteiger partial charge in [-0.05, 0) is 37.3 Å². The standard InChI is InChI=1S/C15H13NO2S/c1-2-18-12-8-9-14-13(10-12)15(17)16(19-14)11-6-4-3-5-7-11/h3-10H,2H2,1H3. The smallest absolute Gasteiger partial charge is 0.273 e. The zero-order valence-electron chi connectivity index (χ0n) is 10.5. The summed E-state index contributed by atoms with van der Waals surface area (Å²) in [6.07, 6.45) is 0. The minimum Gasteiger partial charge on any atom is -0.494 e. The highest BCUT2D eigenvalue weighted by Gasteiger charge is 2.09. The van der Waals surface area contributed by atoms with Crippen LogP contribution in [0, 0.1) is 0 Å². The molecule has 1 heterocycles. The molecule has 2 aromatic carbocycles. The summed E-state index contributed by atoms with van der Waals surface area (Å²) >= 11 is 1.45. The predicted molar refractivity (Wildman–Crippen MR) is 78.6 cm³/mol. The number of nitrogens with zero attached hydrogens (tertiary/aromatic N) is 1. The summed E-state index contributed by atoms with van der Waals surface area (Å²) in [4.78, 5) is 12.4. The van der Waals surface area contributed by atoms with E-state index in [0.29, 0.717) is 12.0 Å². The van der Waals surface area contributed by atoms with Crippen molar-refractivity contribution in [3.8, 4) is 11.4 Å². The number of fused-ring (bicyclic) bond motifs is 1. The summed E-state index contributed by atoms with van der Waals surface area (Å²) in [6.45, 7) is 2.53. The Kier molecular flexibility index (Phi) is 3.09. The van der Waals surface area contributed by atoms with E-state index in [2.05, 4.69) is 0 Å². The first-order valence-electron chi connectivity index (χ1n) is 6.14. The summed E-state index contributed by atoms with van der Waals surface area (Å²) < 4.78 is 8.12. The Balaban J connectivity index is 2.18. The van der Waals surface area contributed by atoms with E-state index in [9.17, 15) is 4.79 Å². The quantitative estimate of drug-likeness (QED) is 0.730. The molecule has 0 amide bonds. The van der Waals surface area contributed by atoms with Crippen LogP contribution < -0.4 is 10.3 Å².